The van der Waals surface area contributed by atoms with Crippen molar-refractivity contribution in [3.05, 3.63) is 29.3 Å². The lowest BCUT2D eigenvalue weighted by Crippen LogP contribution is -2.22. The van der Waals surface area contributed by atoms with Crippen molar-refractivity contribution in [1.29, 1.82) is 0 Å². The normalized spacial score (nSPS) is 19.6. The van der Waals surface area contributed by atoms with Crippen molar-refractivity contribution in [2.45, 2.75) is 19.4 Å². The number of aliphatic hydroxyl groups excluding tert-OH is 2. The first-order chi connectivity index (χ1) is 8.65. The van der Waals surface area contributed by atoms with Crippen LogP contribution >= 0.6 is 0 Å². The van der Waals surface area contributed by atoms with Gasteiger partial charge in [0.25, 0.3) is 0 Å². The van der Waals surface area contributed by atoms with Gasteiger partial charge in [-0.2, -0.15) is 0 Å². The molecule has 0 radical (unpaired) electrons. The van der Waals surface area contributed by atoms with Gasteiger partial charge in [-0.15, -0.1) is 0 Å². The fraction of sp³-hybridized carbons (Fsp3) is 0.538. The van der Waals surface area contributed by atoms with Crippen molar-refractivity contribution in [1.82, 2.24) is 0 Å². The predicted molar refractivity (Wildman–Crippen MR) is 64.3 cm³/mol. The van der Waals surface area contributed by atoms with Crippen LogP contribution in [0, 0.1) is 17.6 Å². The molecule has 0 spiro atoms. The number of anilines is 1. The summed E-state index contributed by atoms with van der Waals surface area (Å²) < 4.78 is 27.6. The first-order valence-electron chi connectivity index (χ1n) is 6.10. The van der Waals surface area contributed by atoms with Crippen LogP contribution in [0.1, 0.15) is 18.4 Å². The van der Waals surface area contributed by atoms with E-state index in [1.165, 1.54) is 0 Å². The second-order valence-corrected chi connectivity index (χ2v) is 4.68. The van der Waals surface area contributed by atoms with Gasteiger partial charge in [0.1, 0.15) is 17.3 Å². The number of hydrogen-bond acceptors (Lipinski definition) is 3. The van der Waals surface area contributed by atoms with Crippen LogP contribution in [0.4, 0.5) is 14.5 Å². The van der Waals surface area contributed by atoms with Gasteiger partial charge in [0.05, 0.1) is 6.61 Å². The maximum atomic E-state index is 13.8. The molecule has 1 aliphatic rings. The molecule has 100 valence electrons. The number of nitrogens with zero attached hydrogens (tertiary/aromatic N) is 1. The van der Waals surface area contributed by atoms with Gasteiger partial charge < -0.3 is 15.1 Å². The summed E-state index contributed by atoms with van der Waals surface area (Å²) in [6, 6.07) is 2.33. The van der Waals surface area contributed by atoms with Gasteiger partial charge in [-0.3, -0.25) is 0 Å². The summed E-state index contributed by atoms with van der Waals surface area (Å²) in [5, 5.41) is 17.7. The minimum absolute atomic E-state index is 0.0207. The van der Waals surface area contributed by atoms with E-state index in [2.05, 4.69) is 0 Å². The third-order valence-electron chi connectivity index (χ3n) is 3.40. The van der Waals surface area contributed by atoms with Crippen molar-refractivity contribution in [3.63, 3.8) is 0 Å². The quantitative estimate of drug-likeness (QED) is 0.862. The average molecular weight is 257 g/mol. The molecule has 2 N–H and O–H groups in total. The Kier molecular flexibility index (Phi) is 4.14. The van der Waals surface area contributed by atoms with Gasteiger partial charge in [0.15, 0.2) is 0 Å². The standard InChI is InChI=1S/C13H17F2NO2/c14-11-5-10(8-18)6-12(15)13(11)16-3-1-9(7-16)2-4-17/h5-6,9,17-18H,1-4,7-8H2. The second kappa shape index (κ2) is 5.63. The number of rotatable bonds is 4. The van der Waals surface area contributed by atoms with Crippen molar-refractivity contribution in [3.8, 4) is 0 Å². The largest absolute Gasteiger partial charge is 0.396 e. The average Bonchev–Trinajstić information content (AvgIpc) is 2.77. The second-order valence-electron chi connectivity index (χ2n) is 4.68. The minimum atomic E-state index is -0.635. The monoisotopic (exact) mass is 257 g/mol. The molecule has 1 aromatic rings. The highest BCUT2D eigenvalue weighted by atomic mass is 19.1. The Labute approximate surface area is 105 Å². The third-order valence-corrected chi connectivity index (χ3v) is 3.40. The molecule has 0 aliphatic carbocycles. The topological polar surface area (TPSA) is 43.7 Å². The molecule has 0 saturated carbocycles. The van der Waals surface area contributed by atoms with Crippen LogP contribution in [0.5, 0.6) is 0 Å². The van der Waals surface area contributed by atoms with E-state index in [9.17, 15) is 8.78 Å². The molecule has 2 rings (SSSR count). The SMILES string of the molecule is OCCC1CCN(c2c(F)cc(CO)cc2F)C1. The Morgan fingerprint density at radius 3 is 2.44 bits per heavy atom. The van der Waals surface area contributed by atoms with Crippen LogP contribution in [-0.2, 0) is 6.61 Å². The van der Waals surface area contributed by atoms with Crippen LogP contribution in [0.2, 0.25) is 0 Å². The molecule has 1 atom stereocenters. The van der Waals surface area contributed by atoms with Gasteiger partial charge in [-0.05, 0) is 36.5 Å². The van der Waals surface area contributed by atoms with Gasteiger partial charge in [0.2, 0.25) is 0 Å². The molecule has 0 amide bonds. The van der Waals surface area contributed by atoms with E-state index in [0.29, 0.717) is 19.5 Å². The zero-order valence-corrected chi connectivity index (χ0v) is 10.1. The Balaban J connectivity index is 2.19. The summed E-state index contributed by atoms with van der Waals surface area (Å²) in [7, 11) is 0. The molecule has 3 nitrogen and oxygen atoms in total. The van der Waals surface area contributed by atoms with E-state index in [4.69, 9.17) is 10.2 Å². The Morgan fingerprint density at radius 1 is 1.22 bits per heavy atom. The molecular formula is C13H17F2NO2. The van der Waals surface area contributed by atoms with Gasteiger partial charge in [0, 0.05) is 19.7 Å². The molecule has 1 aromatic carbocycles. The first-order valence-corrected chi connectivity index (χ1v) is 6.10. The highest BCUT2D eigenvalue weighted by molar-refractivity contribution is 5.51. The summed E-state index contributed by atoms with van der Waals surface area (Å²) in [4.78, 5) is 1.67. The summed E-state index contributed by atoms with van der Waals surface area (Å²) in [6.07, 6.45) is 1.50. The van der Waals surface area contributed by atoms with E-state index in [1.807, 2.05) is 0 Å². The molecular weight excluding hydrogens is 240 g/mol. The summed E-state index contributed by atoms with van der Waals surface area (Å²) >= 11 is 0. The lowest BCUT2D eigenvalue weighted by molar-refractivity contribution is 0.263. The van der Waals surface area contributed by atoms with Crippen LogP contribution in [0.15, 0.2) is 12.1 Å². The highest BCUT2D eigenvalue weighted by Gasteiger charge is 2.26. The zero-order valence-electron chi connectivity index (χ0n) is 10.1. The van der Waals surface area contributed by atoms with E-state index < -0.39 is 11.6 Å². The van der Waals surface area contributed by atoms with Gasteiger partial charge in [-0.25, -0.2) is 8.78 Å². The third kappa shape index (κ3) is 2.62. The molecule has 1 heterocycles. The number of halogens is 2. The van der Waals surface area contributed by atoms with Crippen molar-refractivity contribution in [2.24, 2.45) is 5.92 Å². The molecule has 1 saturated heterocycles. The smallest absolute Gasteiger partial charge is 0.149 e. The number of aliphatic hydroxyl groups is 2. The van der Waals surface area contributed by atoms with Crippen molar-refractivity contribution >= 4 is 5.69 Å². The van der Waals surface area contributed by atoms with E-state index >= 15 is 0 Å². The van der Waals surface area contributed by atoms with Gasteiger partial charge in [-0.1, -0.05) is 0 Å². The molecule has 0 bridgehead atoms. The summed E-state index contributed by atoms with van der Waals surface area (Å²) in [5.74, 6) is -0.987. The zero-order chi connectivity index (χ0) is 13.1. The Hall–Kier alpha value is -1.20. The molecule has 1 unspecified atom stereocenters. The van der Waals surface area contributed by atoms with Crippen LogP contribution in [0.25, 0.3) is 0 Å². The highest BCUT2D eigenvalue weighted by Crippen LogP contribution is 2.30. The molecule has 1 aliphatic heterocycles. The maximum Gasteiger partial charge on any atom is 0.149 e. The lowest BCUT2D eigenvalue weighted by atomic mass is 10.1. The Bertz CT molecular complexity index is 402. The number of hydrogen-bond donors (Lipinski definition) is 2. The maximum absolute atomic E-state index is 13.8. The summed E-state index contributed by atoms with van der Waals surface area (Å²) in [5.41, 5.74) is 0.215. The number of benzene rings is 1. The molecule has 18 heavy (non-hydrogen) atoms. The van der Waals surface area contributed by atoms with E-state index in [0.717, 1.165) is 18.6 Å². The van der Waals surface area contributed by atoms with E-state index in [-0.39, 0.29) is 30.4 Å². The fourth-order valence-electron chi connectivity index (χ4n) is 2.47. The van der Waals surface area contributed by atoms with Crippen LogP contribution in [0.3, 0.4) is 0 Å². The lowest BCUT2D eigenvalue weighted by Gasteiger charge is -2.20. The van der Waals surface area contributed by atoms with Crippen molar-refractivity contribution < 1.29 is 19.0 Å². The minimum Gasteiger partial charge on any atom is -0.396 e. The predicted octanol–water partition coefficient (Wildman–Crippen LogP) is 1.67. The van der Waals surface area contributed by atoms with Gasteiger partial charge >= 0.3 is 0 Å². The van der Waals surface area contributed by atoms with E-state index in [1.54, 1.807) is 4.90 Å². The fourth-order valence-corrected chi connectivity index (χ4v) is 2.47. The van der Waals surface area contributed by atoms with Crippen molar-refractivity contribution in [2.75, 3.05) is 24.6 Å². The van der Waals surface area contributed by atoms with Crippen LogP contribution < -0.4 is 4.90 Å². The van der Waals surface area contributed by atoms with Crippen LogP contribution in [-0.4, -0.2) is 29.9 Å². The summed E-state index contributed by atoms with van der Waals surface area (Å²) in [6.45, 7) is 0.887. The Morgan fingerprint density at radius 2 is 1.89 bits per heavy atom. The first kappa shape index (κ1) is 13.2. The molecule has 5 heteroatoms. The molecule has 0 aromatic heterocycles. The molecule has 1 fully saturated rings.